The molecule has 21 heavy (non-hydrogen) atoms. The Kier molecular flexibility index (Phi) is 4.02. The first-order valence-electron chi connectivity index (χ1n) is 5.54. The minimum Gasteiger partial charge on any atom is -0.505 e. The Morgan fingerprint density at radius 1 is 1.24 bits per heavy atom. The fraction of sp³-hybridized carbons (Fsp3) is 0. The van der Waals surface area contributed by atoms with Gasteiger partial charge in [-0.1, -0.05) is 11.6 Å². The Morgan fingerprint density at radius 2 is 1.95 bits per heavy atom. The number of nitriles is 1. The highest BCUT2D eigenvalue weighted by molar-refractivity contribution is 7.92. The van der Waals surface area contributed by atoms with Gasteiger partial charge in [0.15, 0.2) is 11.6 Å². The molecular formula is C13H8ClFN2O3S. The van der Waals surface area contributed by atoms with Crippen LogP contribution in [0.15, 0.2) is 41.3 Å². The topological polar surface area (TPSA) is 90.2 Å². The molecule has 108 valence electrons. The zero-order valence-corrected chi connectivity index (χ0v) is 11.9. The fourth-order valence-electron chi connectivity index (χ4n) is 1.57. The number of sulfonamides is 1. The van der Waals surface area contributed by atoms with Crippen molar-refractivity contribution in [2.75, 3.05) is 4.72 Å². The first-order valence-corrected chi connectivity index (χ1v) is 7.40. The maximum absolute atomic E-state index is 13.2. The normalized spacial score (nSPS) is 10.9. The van der Waals surface area contributed by atoms with Crippen molar-refractivity contribution in [1.82, 2.24) is 0 Å². The first kappa shape index (κ1) is 15.1. The van der Waals surface area contributed by atoms with Gasteiger partial charge in [0.1, 0.15) is 4.90 Å². The van der Waals surface area contributed by atoms with Crippen LogP contribution >= 0.6 is 11.6 Å². The SMILES string of the molecule is N#Cc1ccc(S(=O)(=O)Nc2ccc(O)c(F)c2)c(Cl)c1. The van der Waals surface area contributed by atoms with Crippen LogP contribution in [0.5, 0.6) is 5.75 Å². The van der Waals surface area contributed by atoms with Crippen molar-refractivity contribution in [1.29, 1.82) is 5.26 Å². The molecule has 0 heterocycles. The number of rotatable bonds is 3. The van der Waals surface area contributed by atoms with Crippen LogP contribution in [0.3, 0.4) is 0 Å². The van der Waals surface area contributed by atoms with Crippen molar-refractivity contribution in [3.05, 3.63) is 52.8 Å². The Labute approximate surface area is 125 Å². The minimum atomic E-state index is -4.04. The summed E-state index contributed by atoms with van der Waals surface area (Å²) in [6.07, 6.45) is 0. The summed E-state index contributed by atoms with van der Waals surface area (Å²) in [5, 5.41) is 17.6. The number of nitrogens with one attached hydrogen (secondary N) is 1. The zero-order valence-electron chi connectivity index (χ0n) is 10.3. The summed E-state index contributed by atoms with van der Waals surface area (Å²) in [6.45, 7) is 0. The molecule has 2 aromatic rings. The molecule has 8 heteroatoms. The van der Waals surface area contributed by atoms with Crippen LogP contribution < -0.4 is 4.72 Å². The second-order valence-electron chi connectivity index (χ2n) is 4.03. The van der Waals surface area contributed by atoms with E-state index < -0.39 is 21.6 Å². The van der Waals surface area contributed by atoms with Gasteiger partial charge < -0.3 is 5.11 Å². The lowest BCUT2D eigenvalue weighted by Crippen LogP contribution is -2.13. The van der Waals surface area contributed by atoms with E-state index in [1.807, 2.05) is 6.07 Å². The first-order chi connectivity index (χ1) is 9.83. The van der Waals surface area contributed by atoms with Crippen molar-refractivity contribution >= 4 is 27.3 Å². The third-order valence-corrected chi connectivity index (χ3v) is 4.41. The summed E-state index contributed by atoms with van der Waals surface area (Å²) in [6, 6.07) is 8.59. The van der Waals surface area contributed by atoms with Crippen LogP contribution in [0, 0.1) is 17.1 Å². The molecule has 0 aliphatic carbocycles. The second kappa shape index (κ2) is 5.60. The molecule has 0 atom stereocenters. The van der Waals surface area contributed by atoms with Gasteiger partial charge in [0.2, 0.25) is 0 Å². The fourth-order valence-corrected chi connectivity index (χ4v) is 3.16. The molecular weight excluding hydrogens is 319 g/mol. The molecule has 0 fully saturated rings. The van der Waals surface area contributed by atoms with Gasteiger partial charge in [0.05, 0.1) is 22.3 Å². The molecule has 0 bridgehead atoms. The highest BCUT2D eigenvalue weighted by Crippen LogP contribution is 2.26. The lowest BCUT2D eigenvalue weighted by atomic mass is 10.2. The van der Waals surface area contributed by atoms with Gasteiger partial charge in [-0.05, 0) is 30.3 Å². The molecule has 0 radical (unpaired) electrons. The highest BCUT2D eigenvalue weighted by Gasteiger charge is 2.19. The molecule has 0 aliphatic heterocycles. The summed E-state index contributed by atoms with van der Waals surface area (Å²) >= 11 is 5.83. The number of benzene rings is 2. The van der Waals surface area contributed by atoms with Crippen LogP contribution in [0.25, 0.3) is 0 Å². The van der Waals surface area contributed by atoms with E-state index in [1.165, 1.54) is 24.3 Å². The Balaban J connectivity index is 2.38. The summed E-state index contributed by atoms with van der Waals surface area (Å²) in [4.78, 5) is -0.239. The summed E-state index contributed by atoms with van der Waals surface area (Å²) in [5.74, 6) is -1.55. The van der Waals surface area contributed by atoms with Gasteiger partial charge in [0, 0.05) is 6.07 Å². The predicted octanol–water partition coefficient (Wildman–Crippen LogP) is 2.86. The molecule has 0 saturated carbocycles. The van der Waals surface area contributed by atoms with Crippen molar-refractivity contribution in [2.45, 2.75) is 4.90 Å². The molecule has 0 unspecified atom stereocenters. The van der Waals surface area contributed by atoms with E-state index in [1.54, 1.807) is 0 Å². The number of aromatic hydroxyl groups is 1. The Hall–Kier alpha value is -2.30. The van der Waals surface area contributed by atoms with E-state index in [2.05, 4.69) is 4.72 Å². The summed E-state index contributed by atoms with van der Waals surface area (Å²) in [5.41, 5.74) is 0.153. The van der Waals surface area contributed by atoms with Gasteiger partial charge in [-0.15, -0.1) is 0 Å². The number of halogens is 2. The average Bonchev–Trinajstić information content (AvgIpc) is 2.42. The monoisotopic (exact) mass is 326 g/mol. The molecule has 2 aromatic carbocycles. The van der Waals surface area contributed by atoms with Crippen molar-refractivity contribution in [3.63, 3.8) is 0 Å². The Bertz CT molecular complexity index is 847. The van der Waals surface area contributed by atoms with Gasteiger partial charge in [-0.25, -0.2) is 12.8 Å². The lowest BCUT2D eigenvalue weighted by Gasteiger charge is -2.10. The van der Waals surface area contributed by atoms with Crippen LogP contribution in [-0.2, 0) is 10.0 Å². The van der Waals surface area contributed by atoms with E-state index in [9.17, 15) is 12.8 Å². The average molecular weight is 327 g/mol. The minimum absolute atomic E-state index is 0.0641. The van der Waals surface area contributed by atoms with Gasteiger partial charge in [-0.2, -0.15) is 5.26 Å². The molecule has 2 rings (SSSR count). The molecule has 0 spiro atoms. The van der Waals surface area contributed by atoms with Crippen LogP contribution in [0.1, 0.15) is 5.56 Å². The van der Waals surface area contributed by atoms with E-state index in [4.69, 9.17) is 22.0 Å². The molecule has 2 N–H and O–H groups in total. The zero-order chi connectivity index (χ0) is 15.6. The van der Waals surface area contributed by atoms with Crippen LogP contribution in [0.4, 0.5) is 10.1 Å². The Morgan fingerprint density at radius 3 is 2.52 bits per heavy atom. The molecule has 0 aliphatic rings. The quantitative estimate of drug-likeness (QED) is 0.849. The van der Waals surface area contributed by atoms with Crippen LogP contribution in [0.2, 0.25) is 5.02 Å². The van der Waals surface area contributed by atoms with Gasteiger partial charge >= 0.3 is 0 Å². The standard InChI is InChI=1S/C13H8ClFN2O3S/c14-10-5-8(7-16)1-4-13(10)21(19,20)17-9-2-3-12(18)11(15)6-9/h1-6,17-18H. The molecule has 0 saturated heterocycles. The molecule has 0 amide bonds. The largest absolute Gasteiger partial charge is 0.505 e. The molecule has 0 aromatic heterocycles. The third kappa shape index (κ3) is 3.24. The third-order valence-electron chi connectivity index (χ3n) is 2.55. The predicted molar refractivity (Wildman–Crippen MR) is 75.0 cm³/mol. The summed E-state index contributed by atoms with van der Waals surface area (Å²) < 4.78 is 39.6. The van der Waals surface area contributed by atoms with E-state index in [0.29, 0.717) is 0 Å². The van der Waals surface area contributed by atoms with Crippen molar-refractivity contribution in [2.24, 2.45) is 0 Å². The van der Waals surface area contributed by atoms with Crippen molar-refractivity contribution < 1.29 is 17.9 Å². The van der Waals surface area contributed by atoms with Crippen molar-refractivity contribution in [3.8, 4) is 11.8 Å². The number of anilines is 1. The lowest BCUT2D eigenvalue weighted by molar-refractivity contribution is 0.432. The molecule has 5 nitrogen and oxygen atoms in total. The van der Waals surface area contributed by atoms with Gasteiger partial charge in [0.25, 0.3) is 10.0 Å². The maximum Gasteiger partial charge on any atom is 0.263 e. The van der Waals surface area contributed by atoms with E-state index >= 15 is 0 Å². The smallest absolute Gasteiger partial charge is 0.263 e. The van der Waals surface area contributed by atoms with Gasteiger partial charge in [-0.3, -0.25) is 4.72 Å². The van der Waals surface area contributed by atoms with E-state index in [0.717, 1.165) is 12.1 Å². The van der Waals surface area contributed by atoms with E-state index in [-0.39, 0.29) is 21.2 Å². The number of hydrogen-bond donors (Lipinski definition) is 2. The second-order valence-corrected chi connectivity index (χ2v) is 6.09. The van der Waals surface area contributed by atoms with Crippen LogP contribution in [-0.4, -0.2) is 13.5 Å². The maximum atomic E-state index is 13.2. The highest BCUT2D eigenvalue weighted by atomic mass is 35.5. The number of nitrogens with zero attached hydrogens (tertiary/aromatic N) is 1. The summed E-state index contributed by atoms with van der Waals surface area (Å²) in [7, 11) is -4.04. The number of hydrogen-bond acceptors (Lipinski definition) is 4. The number of phenols is 1. The number of phenolic OH excluding ortho intramolecular Hbond substituents is 1.